The second kappa shape index (κ2) is 9.97. The molecule has 0 unspecified atom stereocenters. The molecule has 2 aromatic heterocycles. The Morgan fingerprint density at radius 3 is 2.59 bits per heavy atom. The average Bonchev–Trinajstić information content (AvgIpc) is 3.19. The molecule has 0 saturated carbocycles. The fourth-order valence-corrected chi connectivity index (χ4v) is 4.01. The minimum atomic E-state index is -0.460. The summed E-state index contributed by atoms with van der Waals surface area (Å²) in [6.07, 6.45) is 4.34. The fraction of sp³-hybridized carbons (Fsp3) is 0.435. The van der Waals surface area contributed by atoms with E-state index in [-0.39, 0.29) is 0 Å². The highest BCUT2D eigenvalue weighted by atomic mass is 16.5. The van der Waals surface area contributed by atoms with Crippen molar-refractivity contribution in [2.24, 2.45) is 7.05 Å². The summed E-state index contributed by atoms with van der Waals surface area (Å²) in [7, 11) is 1.63. The number of anilines is 1. The highest BCUT2D eigenvalue weighted by Crippen LogP contribution is 2.21. The van der Waals surface area contributed by atoms with E-state index in [1.807, 2.05) is 29.7 Å². The summed E-state index contributed by atoms with van der Waals surface area (Å²) >= 11 is 0. The number of aryl methyl sites for hydroxylation is 1. The number of aromatic nitrogens is 4. The Morgan fingerprint density at radius 2 is 1.88 bits per heavy atom. The monoisotopic (exact) mass is 438 g/mol. The number of nitrogens with one attached hydrogen (secondary N) is 1. The zero-order valence-corrected chi connectivity index (χ0v) is 18.7. The normalized spacial score (nSPS) is 15.2. The van der Waals surface area contributed by atoms with Crippen LogP contribution in [0.4, 0.5) is 5.95 Å². The van der Waals surface area contributed by atoms with Gasteiger partial charge in [0.25, 0.3) is 5.56 Å². The van der Waals surface area contributed by atoms with Crippen LogP contribution in [0, 0.1) is 0 Å². The maximum Gasteiger partial charge on any atom is 0.329 e. The number of aromatic amines is 1. The minimum absolute atomic E-state index is 0.401. The van der Waals surface area contributed by atoms with E-state index in [0.29, 0.717) is 36.9 Å². The zero-order valence-electron chi connectivity index (χ0n) is 18.7. The molecular weight excluding hydrogens is 408 g/mol. The maximum absolute atomic E-state index is 12.6. The Kier molecular flexibility index (Phi) is 6.87. The highest BCUT2D eigenvalue weighted by Gasteiger charge is 2.24. The van der Waals surface area contributed by atoms with Gasteiger partial charge in [-0.25, -0.2) is 4.79 Å². The molecule has 0 aliphatic carbocycles. The third kappa shape index (κ3) is 4.68. The van der Waals surface area contributed by atoms with Gasteiger partial charge in [-0.1, -0.05) is 42.5 Å². The predicted octanol–water partition coefficient (Wildman–Crippen LogP) is 1.30. The van der Waals surface area contributed by atoms with E-state index in [9.17, 15) is 9.59 Å². The number of hydrogen-bond donors (Lipinski definition) is 1. The lowest BCUT2D eigenvalue weighted by molar-refractivity contribution is 0.140. The lowest BCUT2D eigenvalue weighted by Gasteiger charge is -2.35. The Bertz CT molecular complexity index is 1190. The molecule has 1 aromatic carbocycles. The molecule has 1 aliphatic heterocycles. The molecule has 0 spiro atoms. The highest BCUT2D eigenvalue weighted by molar-refractivity contribution is 5.74. The Balaban J connectivity index is 1.51. The second-order valence-electron chi connectivity index (χ2n) is 7.85. The first kappa shape index (κ1) is 22.0. The summed E-state index contributed by atoms with van der Waals surface area (Å²) in [6, 6.07) is 10.3. The standard InChI is InChI=1S/C23H30N6O3/c1-3-32-17-16-29-19-20(26(2)23(31)25-21(19)30)24-22(29)28-14-12-27(13-15-28)11-7-10-18-8-5-4-6-9-18/h4-10H,3,11-17H2,1-2H3,(H,25,30,31)/b10-7+. The number of rotatable bonds is 8. The van der Waals surface area contributed by atoms with Gasteiger partial charge in [-0.15, -0.1) is 0 Å². The topological polar surface area (TPSA) is 88.4 Å². The van der Waals surface area contributed by atoms with Gasteiger partial charge in [0.05, 0.1) is 6.61 Å². The van der Waals surface area contributed by atoms with Gasteiger partial charge in [-0.05, 0) is 12.5 Å². The van der Waals surface area contributed by atoms with Crippen LogP contribution in [-0.4, -0.2) is 69.9 Å². The largest absolute Gasteiger partial charge is 0.380 e. The van der Waals surface area contributed by atoms with Crippen LogP contribution in [0.25, 0.3) is 17.2 Å². The van der Waals surface area contributed by atoms with Crippen LogP contribution in [0.3, 0.4) is 0 Å². The van der Waals surface area contributed by atoms with Gasteiger partial charge in [0, 0.05) is 52.9 Å². The minimum Gasteiger partial charge on any atom is -0.380 e. The summed E-state index contributed by atoms with van der Waals surface area (Å²) in [5.74, 6) is 0.714. The van der Waals surface area contributed by atoms with Crippen molar-refractivity contribution in [2.75, 3.05) is 50.8 Å². The van der Waals surface area contributed by atoms with Crippen LogP contribution >= 0.6 is 0 Å². The molecule has 4 rings (SSSR count). The van der Waals surface area contributed by atoms with Gasteiger partial charge in [0.2, 0.25) is 5.95 Å². The van der Waals surface area contributed by atoms with E-state index < -0.39 is 11.2 Å². The van der Waals surface area contributed by atoms with Crippen LogP contribution in [0.5, 0.6) is 0 Å². The zero-order chi connectivity index (χ0) is 22.5. The van der Waals surface area contributed by atoms with Crippen molar-refractivity contribution < 1.29 is 4.74 Å². The Morgan fingerprint density at radius 1 is 1.12 bits per heavy atom. The van der Waals surface area contributed by atoms with Crippen LogP contribution in [0.2, 0.25) is 0 Å². The molecule has 32 heavy (non-hydrogen) atoms. The van der Waals surface area contributed by atoms with Crippen molar-refractivity contribution in [3.05, 3.63) is 62.8 Å². The molecule has 3 aromatic rings. The summed E-state index contributed by atoms with van der Waals surface area (Å²) in [4.78, 5) is 36.3. The van der Waals surface area contributed by atoms with Crippen molar-refractivity contribution in [2.45, 2.75) is 13.5 Å². The Labute approximate surface area is 186 Å². The van der Waals surface area contributed by atoms with Gasteiger partial charge in [-0.3, -0.25) is 19.2 Å². The molecule has 1 saturated heterocycles. The first-order chi connectivity index (χ1) is 15.6. The first-order valence-corrected chi connectivity index (χ1v) is 11.0. The molecule has 0 bridgehead atoms. The van der Waals surface area contributed by atoms with Crippen LogP contribution in [-0.2, 0) is 18.3 Å². The molecule has 9 nitrogen and oxygen atoms in total. The molecule has 9 heteroatoms. The SMILES string of the molecule is CCOCCn1c(N2CCN(C/C=C/c3ccccc3)CC2)nc2c1c(=O)[nH]c(=O)n2C. The smallest absolute Gasteiger partial charge is 0.329 e. The summed E-state index contributed by atoms with van der Waals surface area (Å²) in [6.45, 7) is 7.78. The molecule has 1 aliphatic rings. The van der Waals surface area contributed by atoms with Crippen molar-refractivity contribution >= 4 is 23.2 Å². The van der Waals surface area contributed by atoms with Crippen molar-refractivity contribution in [1.29, 1.82) is 0 Å². The van der Waals surface area contributed by atoms with E-state index in [2.05, 4.69) is 39.1 Å². The third-order valence-corrected chi connectivity index (χ3v) is 5.78. The van der Waals surface area contributed by atoms with Gasteiger partial charge in [0.1, 0.15) is 0 Å². The fourth-order valence-electron chi connectivity index (χ4n) is 4.01. The van der Waals surface area contributed by atoms with E-state index in [1.165, 1.54) is 10.1 Å². The van der Waals surface area contributed by atoms with Crippen molar-refractivity contribution in [1.82, 2.24) is 24.0 Å². The number of fused-ring (bicyclic) bond motifs is 1. The lowest BCUT2D eigenvalue weighted by Crippen LogP contribution is -2.47. The predicted molar refractivity (Wildman–Crippen MR) is 126 cm³/mol. The molecule has 0 atom stereocenters. The average molecular weight is 439 g/mol. The third-order valence-electron chi connectivity index (χ3n) is 5.78. The number of benzene rings is 1. The number of piperazine rings is 1. The quantitative estimate of drug-likeness (QED) is 0.534. The summed E-state index contributed by atoms with van der Waals surface area (Å²) in [5, 5.41) is 0. The van der Waals surface area contributed by atoms with E-state index >= 15 is 0 Å². The van der Waals surface area contributed by atoms with E-state index in [4.69, 9.17) is 9.72 Å². The molecule has 3 heterocycles. The molecular formula is C23H30N6O3. The van der Waals surface area contributed by atoms with Gasteiger partial charge >= 0.3 is 5.69 Å². The van der Waals surface area contributed by atoms with Crippen LogP contribution in [0.15, 0.2) is 46.0 Å². The number of H-pyrrole nitrogens is 1. The molecule has 1 fully saturated rings. The second-order valence-corrected chi connectivity index (χ2v) is 7.85. The maximum atomic E-state index is 12.6. The summed E-state index contributed by atoms with van der Waals surface area (Å²) < 4.78 is 8.80. The number of imidazole rings is 1. The van der Waals surface area contributed by atoms with Crippen molar-refractivity contribution in [3.8, 4) is 0 Å². The first-order valence-electron chi connectivity index (χ1n) is 11.0. The Hall–Kier alpha value is -3.17. The van der Waals surface area contributed by atoms with E-state index in [1.54, 1.807) is 7.05 Å². The van der Waals surface area contributed by atoms with Gasteiger partial charge < -0.3 is 14.2 Å². The molecule has 0 amide bonds. The van der Waals surface area contributed by atoms with Crippen LogP contribution in [0.1, 0.15) is 12.5 Å². The van der Waals surface area contributed by atoms with Crippen molar-refractivity contribution in [3.63, 3.8) is 0 Å². The molecule has 0 radical (unpaired) electrons. The van der Waals surface area contributed by atoms with Gasteiger partial charge in [-0.2, -0.15) is 4.98 Å². The van der Waals surface area contributed by atoms with Crippen LogP contribution < -0.4 is 16.1 Å². The molecule has 1 N–H and O–H groups in total. The summed E-state index contributed by atoms with van der Waals surface area (Å²) in [5.41, 5.74) is 1.14. The lowest BCUT2D eigenvalue weighted by atomic mass is 10.2. The van der Waals surface area contributed by atoms with E-state index in [0.717, 1.165) is 32.7 Å². The number of ether oxygens (including phenoxy) is 1. The number of nitrogens with zero attached hydrogens (tertiary/aromatic N) is 5. The number of hydrogen-bond acceptors (Lipinski definition) is 6. The van der Waals surface area contributed by atoms with Gasteiger partial charge in [0.15, 0.2) is 11.2 Å². The molecule has 170 valence electrons.